The average molecular weight is 251 g/mol. The fourth-order valence-corrected chi connectivity index (χ4v) is 1.51. The topological polar surface area (TPSA) is 118 Å². The van der Waals surface area contributed by atoms with Crippen LogP contribution in [0.5, 0.6) is 0 Å². The molecule has 0 aromatic heterocycles. The van der Waals surface area contributed by atoms with Gasteiger partial charge < -0.3 is 16.4 Å². The Balaban J connectivity index is 3.86. The fraction of sp³-hybridized carbons (Fsp3) is 0.750. The predicted octanol–water partition coefficient (Wildman–Crippen LogP) is -2.39. The van der Waals surface area contributed by atoms with Crippen LogP contribution in [0.15, 0.2) is 0 Å². The molecule has 4 N–H and O–H groups in total. The molecule has 0 saturated heterocycles. The Kier molecular flexibility index (Phi) is 6.66. The maximum atomic E-state index is 11.1. The number of nitrogens with two attached hydrogens (primary N) is 1. The Morgan fingerprint density at radius 3 is 2.06 bits per heavy atom. The van der Waals surface area contributed by atoms with Crippen molar-refractivity contribution in [2.45, 2.75) is 6.92 Å². The highest BCUT2D eigenvalue weighted by molar-refractivity contribution is 7.91. The molecule has 0 spiro atoms. The van der Waals surface area contributed by atoms with Gasteiger partial charge in [-0.25, -0.2) is 8.42 Å². The number of carbonyl (C=O) groups excluding carboxylic acids is 2. The molecule has 7 nitrogen and oxygen atoms in total. The summed E-state index contributed by atoms with van der Waals surface area (Å²) in [6.45, 7) is 1.90. The lowest BCUT2D eigenvalue weighted by atomic mass is 10.5. The zero-order valence-corrected chi connectivity index (χ0v) is 9.97. The van der Waals surface area contributed by atoms with Gasteiger partial charge in [-0.2, -0.15) is 0 Å². The van der Waals surface area contributed by atoms with Crippen LogP contribution in [-0.2, 0) is 19.4 Å². The van der Waals surface area contributed by atoms with Gasteiger partial charge in [0, 0.05) is 25.4 Å². The average Bonchev–Trinajstić information content (AvgIpc) is 2.25. The summed E-state index contributed by atoms with van der Waals surface area (Å²) in [7, 11) is -3.12. The standard InChI is InChI=1S/C8H17N3O4S/c1-2-16(14,15)6-5-11-8(13)7(12)10-4-3-9/h2-6,9H2,1H3,(H,10,12)(H,11,13). The highest BCUT2D eigenvalue weighted by Crippen LogP contribution is 1.86. The summed E-state index contributed by atoms with van der Waals surface area (Å²) in [5.74, 6) is -1.80. The van der Waals surface area contributed by atoms with Crippen molar-refractivity contribution < 1.29 is 18.0 Å². The molecule has 0 atom stereocenters. The first-order valence-corrected chi connectivity index (χ1v) is 6.71. The molecule has 0 rings (SSSR count). The van der Waals surface area contributed by atoms with Crippen molar-refractivity contribution in [2.75, 3.05) is 31.1 Å². The van der Waals surface area contributed by atoms with Gasteiger partial charge in [-0.3, -0.25) is 9.59 Å². The van der Waals surface area contributed by atoms with Crippen molar-refractivity contribution in [3.8, 4) is 0 Å². The van der Waals surface area contributed by atoms with E-state index in [0.717, 1.165) is 0 Å². The largest absolute Gasteiger partial charge is 0.347 e. The molecular weight excluding hydrogens is 234 g/mol. The van der Waals surface area contributed by atoms with Crippen molar-refractivity contribution in [1.29, 1.82) is 0 Å². The van der Waals surface area contributed by atoms with E-state index in [2.05, 4.69) is 10.6 Å². The molecule has 0 aliphatic rings. The van der Waals surface area contributed by atoms with Crippen LogP contribution in [0, 0.1) is 0 Å². The van der Waals surface area contributed by atoms with E-state index in [4.69, 9.17) is 5.73 Å². The first-order valence-electron chi connectivity index (χ1n) is 4.89. The zero-order valence-electron chi connectivity index (χ0n) is 9.15. The highest BCUT2D eigenvalue weighted by Gasteiger charge is 2.13. The third-order valence-corrected chi connectivity index (χ3v) is 3.48. The second kappa shape index (κ2) is 7.18. The van der Waals surface area contributed by atoms with E-state index < -0.39 is 21.7 Å². The van der Waals surface area contributed by atoms with Crippen molar-refractivity contribution in [1.82, 2.24) is 10.6 Å². The lowest BCUT2D eigenvalue weighted by molar-refractivity contribution is -0.139. The minimum atomic E-state index is -3.12. The summed E-state index contributed by atoms with van der Waals surface area (Å²) in [4.78, 5) is 22.1. The van der Waals surface area contributed by atoms with E-state index in [1.807, 2.05) is 0 Å². The van der Waals surface area contributed by atoms with E-state index >= 15 is 0 Å². The molecule has 16 heavy (non-hydrogen) atoms. The SMILES string of the molecule is CCS(=O)(=O)CCNC(=O)C(=O)NCCN. The van der Waals surface area contributed by atoms with Crippen LogP contribution >= 0.6 is 0 Å². The van der Waals surface area contributed by atoms with Crippen LogP contribution in [0.4, 0.5) is 0 Å². The summed E-state index contributed by atoms with van der Waals surface area (Å²) < 4.78 is 22.1. The maximum absolute atomic E-state index is 11.1. The Bertz CT molecular complexity index is 339. The fourth-order valence-electron chi connectivity index (χ4n) is 0.811. The Labute approximate surface area is 94.7 Å². The van der Waals surface area contributed by atoms with Gasteiger partial charge in [0.05, 0.1) is 5.75 Å². The third kappa shape index (κ3) is 6.36. The number of amides is 2. The first-order chi connectivity index (χ1) is 7.43. The van der Waals surface area contributed by atoms with Gasteiger partial charge in [0.1, 0.15) is 0 Å². The van der Waals surface area contributed by atoms with E-state index in [0.29, 0.717) is 0 Å². The quantitative estimate of drug-likeness (QED) is 0.455. The molecule has 0 aliphatic carbocycles. The molecule has 0 unspecified atom stereocenters. The lowest BCUT2D eigenvalue weighted by Crippen LogP contribution is -2.43. The van der Waals surface area contributed by atoms with Gasteiger partial charge >= 0.3 is 11.8 Å². The van der Waals surface area contributed by atoms with Gasteiger partial charge in [-0.1, -0.05) is 6.92 Å². The number of rotatable bonds is 6. The van der Waals surface area contributed by atoms with Crippen LogP contribution in [0.2, 0.25) is 0 Å². The maximum Gasteiger partial charge on any atom is 0.309 e. The predicted molar refractivity (Wildman–Crippen MR) is 59.4 cm³/mol. The van der Waals surface area contributed by atoms with Crippen molar-refractivity contribution in [2.24, 2.45) is 5.73 Å². The monoisotopic (exact) mass is 251 g/mol. The minimum absolute atomic E-state index is 0.0161. The normalized spacial score (nSPS) is 10.9. The van der Waals surface area contributed by atoms with E-state index in [1.165, 1.54) is 6.92 Å². The van der Waals surface area contributed by atoms with Crippen molar-refractivity contribution in [3.63, 3.8) is 0 Å². The van der Waals surface area contributed by atoms with Crippen LogP contribution in [0.3, 0.4) is 0 Å². The molecular formula is C8H17N3O4S. The molecule has 0 bridgehead atoms. The zero-order chi connectivity index (χ0) is 12.6. The van der Waals surface area contributed by atoms with E-state index in [1.54, 1.807) is 0 Å². The smallest absolute Gasteiger partial charge is 0.309 e. The van der Waals surface area contributed by atoms with Crippen LogP contribution < -0.4 is 16.4 Å². The number of carbonyl (C=O) groups is 2. The molecule has 0 radical (unpaired) electrons. The number of hydrogen-bond acceptors (Lipinski definition) is 5. The highest BCUT2D eigenvalue weighted by atomic mass is 32.2. The van der Waals surface area contributed by atoms with Crippen LogP contribution in [-0.4, -0.2) is 51.4 Å². The number of sulfone groups is 1. The summed E-state index contributed by atoms with van der Waals surface area (Å²) in [6, 6.07) is 0. The molecule has 0 aromatic rings. The number of hydrogen-bond donors (Lipinski definition) is 3. The molecule has 0 aliphatic heterocycles. The first kappa shape index (κ1) is 14.8. The third-order valence-electron chi connectivity index (χ3n) is 1.77. The summed E-state index contributed by atoms with van der Waals surface area (Å²) >= 11 is 0. The van der Waals surface area contributed by atoms with Crippen molar-refractivity contribution >= 4 is 21.7 Å². The van der Waals surface area contributed by atoms with Gasteiger partial charge in [0.2, 0.25) is 0 Å². The van der Waals surface area contributed by atoms with Crippen LogP contribution in [0.25, 0.3) is 0 Å². The Morgan fingerprint density at radius 1 is 1.12 bits per heavy atom. The molecule has 8 heteroatoms. The molecule has 0 fully saturated rings. The minimum Gasteiger partial charge on any atom is -0.347 e. The second-order valence-corrected chi connectivity index (χ2v) is 5.51. The van der Waals surface area contributed by atoms with Gasteiger partial charge in [0.15, 0.2) is 9.84 Å². The summed E-state index contributed by atoms with van der Waals surface area (Å²) in [6.07, 6.45) is 0. The molecule has 0 saturated carbocycles. The summed E-state index contributed by atoms with van der Waals surface area (Å²) in [5, 5.41) is 4.48. The van der Waals surface area contributed by atoms with Crippen LogP contribution in [0.1, 0.15) is 6.92 Å². The van der Waals surface area contributed by atoms with Crippen molar-refractivity contribution in [3.05, 3.63) is 0 Å². The molecule has 2 amide bonds. The molecule has 94 valence electrons. The van der Waals surface area contributed by atoms with Gasteiger partial charge in [0.25, 0.3) is 0 Å². The molecule has 0 heterocycles. The van der Waals surface area contributed by atoms with Gasteiger partial charge in [-0.05, 0) is 0 Å². The summed E-state index contributed by atoms with van der Waals surface area (Å²) in [5.41, 5.74) is 5.13. The lowest BCUT2D eigenvalue weighted by Gasteiger charge is -2.05. The molecule has 0 aromatic carbocycles. The van der Waals surface area contributed by atoms with E-state index in [9.17, 15) is 18.0 Å². The van der Waals surface area contributed by atoms with Gasteiger partial charge in [-0.15, -0.1) is 0 Å². The van der Waals surface area contributed by atoms with E-state index in [-0.39, 0.29) is 31.1 Å². The second-order valence-electron chi connectivity index (χ2n) is 3.04. The number of nitrogens with one attached hydrogen (secondary N) is 2. The Morgan fingerprint density at radius 2 is 1.62 bits per heavy atom. The Hall–Kier alpha value is -1.15.